The van der Waals surface area contributed by atoms with E-state index in [0.717, 1.165) is 35.8 Å². The van der Waals surface area contributed by atoms with Crippen LogP contribution >= 0.6 is 0 Å². The molecule has 0 radical (unpaired) electrons. The fourth-order valence-electron chi connectivity index (χ4n) is 3.12. The highest BCUT2D eigenvalue weighted by Crippen LogP contribution is 2.27. The Morgan fingerprint density at radius 1 is 1.19 bits per heavy atom. The average Bonchev–Trinajstić information content (AvgIpc) is 3.14. The molecule has 1 aliphatic heterocycles. The van der Waals surface area contributed by atoms with Crippen LogP contribution in [0.4, 0.5) is 0 Å². The number of para-hydroxylation sites is 2. The number of rotatable bonds is 2. The third-order valence-corrected chi connectivity index (χ3v) is 4.35. The van der Waals surface area contributed by atoms with Crippen LogP contribution in [0.3, 0.4) is 0 Å². The molecule has 3 aromatic rings. The lowest BCUT2D eigenvalue weighted by Gasteiger charge is -2.30. The maximum atomic E-state index is 4.68. The molecule has 1 aliphatic rings. The SMILES string of the molecule is CN1CCC(n2ccnc2-c2nc3ccccc3[nH]2)CC1. The predicted molar refractivity (Wildman–Crippen MR) is 83.1 cm³/mol. The van der Waals surface area contributed by atoms with E-state index in [9.17, 15) is 0 Å². The summed E-state index contributed by atoms with van der Waals surface area (Å²) >= 11 is 0. The zero-order valence-electron chi connectivity index (χ0n) is 12.2. The van der Waals surface area contributed by atoms with E-state index in [1.165, 1.54) is 12.8 Å². The lowest BCUT2D eigenvalue weighted by atomic mass is 10.1. The molecule has 0 bridgehead atoms. The topological polar surface area (TPSA) is 49.7 Å². The molecule has 5 nitrogen and oxygen atoms in total. The van der Waals surface area contributed by atoms with Crippen molar-refractivity contribution in [2.45, 2.75) is 18.9 Å². The first-order valence-electron chi connectivity index (χ1n) is 7.48. The summed E-state index contributed by atoms with van der Waals surface area (Å²) in [6.07, 6.45) is 6.29. The predicted octanol–water partition coefficient (Wildman–Crippen LogP) is 2.69. The van der Waals surface area contributed by atoms with Crippen LogP contribution in [0.2, 0.25) is 0 Å². The number of likely N-dealkylation sites (tertiary alicyclic amines) is 1. The molecule has 0 atom stereocenters. The van der Waals surface area contributed by atoms with Gasteiger partial charge in [-0.15, -0.1) is 0 Å². The van der Waals surface area contributed by atoms with Gasteiger partial charge in [-0.1, -0.05) is 12.1 Å². The molecule has 1 aromatic carbocycles. The van der Waals surface area contributed by atoms with Gasteiger partial charge in [-0.2, -0.15) is 0 Å². The number of nitrogens with one attached hydrogen (secondary N) is 1. The van der Waals surface area contributed by atoms with Crippen LogP contribution in [0.5, 0.6) is 0 Å². The van der Waals surface area contributed by atoms with Gasteiger partial charge in [0.25, 0.3) is 0 Å². The highest BCUT2D eigenvalue weighted by Gasteiger charge is 2.21. The Kier molecular flexibility index (Phi) is 3.00. The number of hydrogen-bond acceptors (Lipinski definition) is 3. The van der Waals surface area contributed by atoms with Crippen molar-refractivity contribution in [3.05, 3.63) is 36.7 Å². The fraction of sp³-hybridized carbons (Fsp3) is 0.375. The number of aromatic amines is 1. The maximum Gasteiger partial charge on any atom is 0.176 e. The number of imidazole rings is 2. The molecule has 2 aromatic heterocycles. The van der Waals surface area contributed by atoms with Gasteiger partial charge in [0, 0.05) is 18.4 Å². The monoisotopic (exact) mass is 281 g/mol. The first-order chi connectivity index (χ1) is 10.3. The Labute approximate surface area is 123 Å². The Morgan fingerprint density at radius 3 is 2.81 bits per heavy atom. The van der Waals surface area contributed by atoms with Crippen LogP contribution in [-0.4, -0.2) is 44.6 Å². The molecular weight excluding hydrogens is 262 g/mol. The summed E-state index contributed by atoms with van der Waals surface area (Å²) in [7, 11) is 2.18. The molecule has 1 N–H and O–H groups in total. The largest absolute Gasteiger partial charge is 0.335 e. The third kappa shape index (κ3) is 2.23. The minimum atomic E-state index is 0.520. The summed E-state index contributed by atoms with van der Waals surface area (Å²) in [6, 6.07) is 8.63. The van der Waals surface area contributed by atoms with Crippen molar-refractivity contribution < 1.29 is 0 Å². The standard InChI is InChI=1S/C16H19N5/c1-20-9-6-12(7-10-20)21-11-8-17-16(21)15-18-13-4-2-3-5-14(13)19-15/h2-5,8,11-12H,6-7,9-10H2,1H3,(H,18,19). The summed E-state index contributed by atoms with van der Waals surface area (Å²) in [5.41, 5.74) is 2.05. The molecular formula is C16H19N5. The lowest BCUT2D eigenvalue weighted by Crippen LogP contribution is -2.31. The van der Waals surface area contributed by atoms with E-state index in [0.29, 0.717) is 6.04 Å². The smallest absolute Gasteiger partial charge is 0.176 e. The van der Waals surface area contributed by atoms with Gasteiger partial charge in [-0.05, 0) is 45.1 Å². The van der Waals surface area contributed by atoms with Gasteiger partial charge in [0.15, 0.2) is 11.6 Å². The molecule has 1 fully saturated rings. The van der Waals surface area contributed by atoms with Gasteiger partial charge in [0.2, 0.25) is 0 Å². The summed E-state index contributed by atoms with van der Waals surface area (Å²) in [6.45, 7) is 2.28. The normalized spacial score (nSPS) is 17.6. The van der Waals surface area contributed by atoms with Crippen LogP contribution in [0.15, 0.2) is 36.7 Å². The van der Waals surface area contributed by atoms with Crippen LogP contribution in [0.1, 0.15) is 18.9 Å². The van der Waals surface area contributed by atoms with Crippen molar-refractivity contribution >= 4 is 11.0 Å². The van der Waals surface area contributed by atoms with E-state index in [1.807, 2.05) is 24.4 Å². The van der Waals surface area contributed by atoms with Gasteiger partial charge in [0.1, 0.15) is 0 Å². The Balaban J connectivity index is 1.71. The average molecular weight is 281 g/mol. The Hall–Kier alpha value is -2.14. The van der Waals surface area contributed by atoms with Gasteiger partial charge in [-0.25, -0.2) is 9.97 Å². The Bertz CT molecular complexity index is 716. The van der Waals surface area contributed by atoms with E-state index < -0.39 is 0 Å². The zero-order valence-corrected chi connectivity index (χ0v) is 12.2. The van der Waals surface area contributed by atoms with Crippen LogP contribution in [0, 0.1) is 0 Å². The van der Waals surface area contributed by atoms with Crippen molar-refractivity contribution in [3.8, 4) is 11.6 Å². The van der Waals surface area contributed by atoms with E-state index in [2.05, 4.69) is 43.7 Å². The van der Waals surface area contributed by atoms with E-state index in [1.54, 1.807) is 0 Å². The number of hydrogen-bond donors (Lipinski definition) is 1. The molecule has 0 unspecified atom stereocenters. The first-order valence-corrected chi connectivity index (χ1v) is 7.48. The van der Waals surface area contributed by atoms with Gasteiger partial charge < -0.3 is 14.5 Å². The second kappa shape index (κ2) is 5.00. The van der Waals surface area contributed by atoms with Crippen molar-refractivity contribution in [1.82, 2.24) is 24.4 Å². The number of fused-ring (bicyclic) bond motifs is 1. The van der Waals surface area contributed by atoms with Crippen molar-refractivity contribution in [2.24, 2.45) is 0 Å². The summed E-state index contributed by atoms with van der Waals surface area (Å²) < 4.78 is 2.28. The van der Waals surface area contributed by atoms with Crippen LogP contribution < -0.4 is 0 Å². The number of nitrogens with zero attached hydrogens (tertiary/aromatic N) is 4. The highest BCUT2D eigenvalue weighted by atomic mass is 15.2. The molecule has 0 spiro atoms. The summed E-state index contributed by atoms with van der Waals surface area (Å²) in [5, 5.41) is 0. The van der Waals surface area contributed by atoms with Gasteiger partial charge in [-0.3, -0.25) is 0 Å². The number of H-pyrrole nitrogens is 1. The second-order valence-electron chi connectivity index (χ2n) is 5.80. The molecule has 21 heavy (non-hydrogen) atoms. The molecule has 1 saturated heterocycles. The minimum Gasteiger partial charge on any atom is -0.335 e. The lowest BCUT2D eigenvalue weighted by molar-refractivity contribution is 0.222. The molecule has 0 amide bonds. The van der Waals surface area contributed by atoms with Gasteiger partial charge in [0.05, 0.1) is 11.0 Å². The van der Waals surface area contributed by atoms with Crippen molar-refractivity contribution in [3.63, 3.8) is 0 Å². The summed E-state index contributed by atoms with van der Waals surface area (Å²) in [5.74, 6) is 1.81. The molecule has 3 heterocycles. The molecule has 0 aliphatic carbocycles. The van der Waals surface area contributed by atoms with Crippen LogP contribution in [0.25, 0.3) is 22.7 Å². The van der Waals surface area contributed by atoms with E-state index >= 15 is 0 Å². The van der Waals surface area contributed by atoms with Crippen molar-refractivity contribution in [1.29, 1.82) is 0 Å². The fourth-order valence-corrected chi connectivity index (χ4v) is 3.12. The first kappa shape index (κ1) is 12.6. The number of benzene rings is 1. The zero-order chi connectivity index (χ0) is 14.2. The molecule has 5 heteroatoms. The number of piperidine rings is 1. The molecule has 4 rings (SSSR count). The Morgan fingerprint density at radius 2 is 2.00 bits per heavy atom. The minimum absolute atomic E-state index is 0.520. The van der Waals surface area contributed by atoms with Gasteiger partial charge >= 0.3 is 0 Å². The number of aromatic nitrogens is 4. The van der Waals surface area contributed by atoms with Crippen LogP contribution in [-0.2, 0) is 0 Å². The highest BCUT2D eigenvalue weighted by molar-refractivity contribution is 5.78. The maximum absolute atomic E-state index is 4.68. The quantitative estimate of drug-likeness (QED) is 0.785. The van der Waals surface area contributed by atoms with E-state index in [-0.39, 0.29) is 0 Å². The van der Waals surface area contributed by atoms with E-state index in [4.69, 9.17) is 0 Å². The molecule has 108 valence electrons. The third-order valence-electron chi connectivity index (χ3n) is 4.35. The van der Waals surface area contributed by atoms with Crippen molar-refractivity contribution in [2.75, 3.05) is 20.1 Å². The second-order valence-corrected chi connectivity index (χ2v) is 5.80. The molecule has 0 saturated carbocycles. The summed E-state index contributed by atoms with van der Waals surface area (Å²) in [4.78, 5) is 15.0.